The molecule has 1 unspecified atom stereocenters. The molecule has 2 fully saturated rings. The average molecular weight is 207 g/mol. The van der Waals surface area contributed by atoms with Crippen molar-refractivity contribution in [2.75, 3.05) is 13.1 Å². The molecule has 2 saturated carbocycles. The van der Waals surface area contributed by atoms with Crippen LogP contribution in [0.4, 0.5) is 0 Å². The van der Waals surface area contributed by atoms with Gasteiger partial charge in [0.1, 0.15) is 0 Å². The maximum atomic E-state index is 11.9. The number of carbonyl (C=O) groups excluding carboxylic acids is 1. The third-order valence-corrected chi connectivity index (χ3v) is 3.75. The maximum Gasteiger partial charge on any atom is 0.225 e. The minimum Gasteiger partial charge on any atom is -0.338 e. The van der Waals surface area contributed by atoms with Gasteiger partial charge in [0, 0.05) is 19.0 Å². The van der Waals surface area contributed by atoms with Crippen LogP contribution >= 0.6 is 0 Å². The molecule has 0 saturated heterocycles. The van der Waals surface area contributed by atoms with Crippen LogP contribution in [-0.2, 0) is 4.79 Å². The number of hydrogen-bond acceptors (Lipinski definition) is 1. The third kappa shape index (κ3) is 2.42. The van der Waals surface area contributed by atoms with E-state index in [2.05, 4.69) is 20.4 Å². The van der Waals surface area contributed by atoms with Crippen LogP contribution in [0.3, 0.4) is 0 Å². The summed E-state index contributed by atoms with van der Waals surface area (Å²) in [5, 5.41) is 0. The van der Waals surface area contributed by atoms with E-state index in [1.165, 1.54) is 6.42 Å². The van der Waals surface area contributed by atoms with Gasteiger partial charge in [-0.1, -0.05) is 19.9 Å². The van der Waals surface area contributed by atoms with E-state index in [0.29, 0.717) is 23.2 Å². The summed E-state index contributed by atoms with van der Waals surface area (Å²) in [7, 11) is 0. The number of carbonyl (C=O) groups is 1. The quantitative estimate of drug-likeness (QED) is 0.634. The average Bonchev–Trinajstić information content (AvgIpc) is 3.03. The summed E-state index contributed by atoms with van der Waals surface area (Å²) >= 11 is 0. The lowest BCUT2D eigenvalue weighted by molar-refractivity contribution is -0.132. The Hall–Kier alpha value is -0.790. The molecule has 2 heteroatoms. The van der Waals surface area contributed by atoms with Gasteiger partial charge in [-0.15, -0.1) is 6.58 Å². The molecular weight excluding hydrogens is 186 g/mol. The molecule has 0 heterocycles. The Morgan fingerprint density at radius 3 is 2.53 bits per heavy atom. The van der Waals surface area contributed by atoms with E-state index in [1.807, 2.05) is 11.0 Å². The normalized spacial score (nSPS) is 27.2. The van der Waals surface area contributed by atoms with Crippen molar-refractivity contribution in [1.29, 1.82) is 0 Å². The molecule has 0 N–H and O–H groups in total. The second kappa shape index (κ2) is 3.66. The van der Waals surface area contributed by atoms with Crippen molar-refractivity contribution in [3.8, 4) is 0 Å². The molecule has 0 aromatic heterocycles. The topological polar surface area (TPSA) is 20.3 Å². The van der Waals surface area contributed by atoms with Gasteiger partial charge in [-0.25, -0.2) is 0 Å². The summed E-state index contributed by atoms with van der Waals surface area (Å²) in [4.78, 5) is 14.0. The van der Waals surface area contributed by atoms with Crippen LogP contribution in [0.2, 0.25) is 0 Å². The van der Waals surface area contributed by atoms with Crippen molar-refractivity contribution in [3.63, 3.8) is 0 Å². The van der Waals surface area contributed by atoms with Gasteiger partial charge in [0.25, 0.3) is 0 Å². The van der Waals surface area contributed by atoms with Gasteiger partial charge < -0.3 is 4.90 Å². The molecule has 2 rings (SSSR count). The highest BCUT2D eigenvalue weighted by Gasteiger charge is 2.47. The number of amides is 1. The van der Waals surface area contributed by atoms with E-state index in [4.69, 9.17) is 0 Å². The van der Waals surface area contributed by atoms with E-state index in [-0.39, 0.29) is 0 Å². The molecule has 0 spiro atoms. The molecule has 0 bridgehead atoms. The molecule has 0 radical (unpaired) electrons. The van der Waals surface area contributed by atoms with Gasteiger partial charge in [-0.05, 0) is 30.6 Å². The maximum absolute atomic E-state index is 11.9. The molecule has 0 aromatic rings. The summed E-state index contributed by atoms with van der Waals surface area (Å²) in [6.07, 6.45) is 5.30. The molecular formula is C13H21NO. The minimum atomic E-state index is 0.340. The first kappa shape index (κ1) is 10.7. The first-order valence-corrected chi connectivity index (χ1v) is 5.94. The van der Waals surface area contributed by atoms with Crippen LogP contribution in [0.15, 0.2) is 12.7 Å². The lowest BCUT2D eigenvalue weighted by Crippen LogP contribution is -2.34. The van der Waals surface area contributed by atoms with Crippen LogP contribution in [0.5, 0.6) is 0 Å². The van der Waals surface area contributed by atoms with Gasteiger partial charge in [-0.2, -0.15) is 0 Å². The Kier molecular flexibility index (Phi) is 2.61. The van der Waals surface area contributed by atoms with E-state index in [1.54, 1.807) is 0 Å². The summed E-state index contributed by atoms with van der Waals surface area (Å²) in [6.45, 7) is 9.96. The van der Waals surface area contributed by atoms with E-state index < -0.39 is 0 Å². The largest absolute Gasteiger partial charge is 0.338 e. The molecule has 1 amide bonds. The standard InChI is InChI=1S/C13H21NO/c1-4-7-14(12(15)10-5-6-10)9-11-8-13(11,2)3/h4,10-11H,1,5-9H2,2-3H3. The van der Waals surface area contributed by atoms with Crippen LogP contribution in [0.1, 0.15) is 33.1 Å². The fraction of sp³-hybridized carbons (Fsp3) is 0.769. The highest BCUT2D eigenvalue weighted by Crippen LogP contribution is 2.52. The molecule has 1 atom stereocenters. The second-order valence-corrected chi connectivity index (χ2v) is 5.70. The predicted molar refractivity (Wildman–Crippen MR) is 61.4 cm³/mol. The van der Waals surface area contributed by atoms with Gasteiger partial charge in [0.2, 0.25) is 5.91 Å². The third-order valence-electron chi connectivity index (χ3n) is 3.75. The zero-order chi connectivity index (χ0) is 11.1. The summed E-state index contributed by atoms with van der Waals surface area (Å²) in [6, 6.07) is 0. The number of nitrogens with zero attached hydrogens (tertiary/aromatic N) is 1. The highest BCUT2D eigenvalue weighted by molar-refractivity contribution is 5.81. The van der Waals surface area contributed by atoms with Gasteiger partial charge in [0.05, 0.1) is 0 Å². The lowest BCUT2D eigenvalue weighted by Gasteiger charge is -2.21. The van der Waals surface area contributed by atoms with Crippen molar-refractivity contribution in [2.24, 2.45) is 17.3 Å². The Labute approximate surface area is 92.3 Å². The van der Waals surface area contributed by atoms with Crippen molar-refractivity contribution in [1.82, 2.24) is 4.90 Å². The van der Waals surface area contributed by atoms with Crippen LogP contribution in [0.25, 0.3) is 0 Å². The molecule has 2 aliphatic rings. The SMILES string of the molecule is C=CCN(CC1CC1(C)C)C(=O)C1CC1. The van der Waals surface area contributed by atoms with Gasteiger partial charge in [0.15, 0.2) is 0 Å². The Morgan fingerprint density at radius 1 is 1.53 bits per heavy atom. The molecule has 2 aliphatic carbocycles. The second-order valence-electron chi connectivity index (χ2n) is 5.70. The van der Waals surface area contributed by atoms with Crippen molar-refractivity contribution in [2.45, 2.75) is 33.1 Å². The Bertz CT molecular complexity index is 278. The molecule has 0 aliphatic heterocycles. The summed E-state index contributed by atoms with van der Waals surface area (Å²) < 4.78 is 0. The van der Waals surface area contributed by atoms with E-state index >= 15 is 0 Å². The minimum absolute atomic E-state index is 0.340. The first-order chi connectivity index (χ1) is 7.04. The van der Waals surface area contributed by atoms with Crippen LogP contribution in [-0.4, -0.2) is 23.9 Å². The zero-order valence-electron chi connectivity index (χ0n) is 9.83. The Balaban J connectivity index is 1.88. The predicted octanol–water partition coefficient (Wildman–Crippen LogP) is 2.46. The lowest BCUT2D eigenvalue weighted by atomic mass is 10.1. The fourth-order valence-electron chi connectivity index (χ4n) is 2.15. The number of hydrogen-bond donors (Lipinski definition) is 0. The smallest absolute Gasteiger partial charge is 0.225 e. The summed E-state index contributed by atoms with van der Waals surface area (Å²) in [5.41, 5.74) is 0.462. The van der Waals surface area contributed by atoms with Crippen LogP contribution in [0, 0.1) is 17.3 Å². The van der Waals surface area contributed by atoms with Gasteiger partial charge >= 0.3 is 0 Å². The zero-order valence-corrected chi connectivity index (χ0v) is 9.83. The fourth-order valence-corrected chi connectivity index (χ4v) is 2.15. The van der Waals surface area contributed by atoms with E-state index in [9.17, 15) is 4.79 Å². The highest BCUT2D eigenvalue weighted by atomic mass is 16.2. The monoisotopic (exact) mass is 207 g/mol. The number of rotatable bonds is 5. The summed E-state index contributed by atoms with van der Waals surface area (Å²) in [5.74, 6) is 1.41. The van der Waals surface area contributed by atoms with E-state index in [0.717, 1.165) is 25.9 Å². The molecule has 84 valence electrons. The first-order valence-electron chi connectivity index (χ1n) is 5.94. The van der Waals surface area contributed by atoms with Crippen molar-refractivity contribution < 1.29 is 4.79 Å². The molecule has 15 heavy (non-hydrogen) atoms. The van der Waals surface area contributed by atoms with Crippen molar-refractivity contribution >= 4 is 5.91 Å². The van der Waals surface area contributed by atoms with Gasteiger partial charge in [-0.3, -0.25) is 4.79 Å². The van der Waals surface area contributed by atoms with Crippen LogP contribution < -0.4 is 0 Å². The van der Waals surface area contributed by atoms with Crippen molar-refractivity contribution in [3.05, 3.63) is 12.7 Å². The molecule has 0 aromatic carbocycles. The molecule has 2 nitrogen and oxygen atoms in total. The Morgan fingerprint density at radius 2 is 2.13 bits per heavy atom.